The summed E-state index contributed by atoms with van der Waals surface area (Å²) >= 11 is 8.86. The van der Waals surface area contributed by atoms with Crippen molar-refractivity contribution < 1.29 is 4.79 Å². The molecule has 3 rings (SSSR count). The van der Waals surface area contributed by atoms with Gasteiger partial charge in [0.15, 0.2) is 4.80 Å². The van der Waals surface area contributed by atoms with Gasteiger partial charge >= 0.3 is 0 Å². The average Bonchev–Trinajstić information content (AvgIpc) is 3.03. The molecular weight excluding hydrogens is 336 g/mol. The molecule has 0 spiro atoms. The molecule has 0 N–H and O–H groups in total. The molecule has 0 atom stereocenters. The van der Waals surface area contributed by atoms with Crippen molar-refractivity contribution in [3.05, 3.63) is 49.9 Å². The van der Waals surface area contributed by atoms with Crippen LogP contribution < -0.4 is 4.80 Å². The van der Waals surface area contributed by atoms with Gasteiger partial charge in [0, 0.05) is 11.9 Å². The number of hydrogen-bond donors (Lipinski definition) is 0. The van der Waals surface area contributed by atoms with E-state index in [9.17, 15) is 4.79 Å². The predicted molar refractivity (Wildman–Crippen MR) is 93.8 cm³/mol. The maximum atomic E-state index is 12.2. The first kappa shape index (κ1) is 15.5. The van der Waals surface area contributed by atoms with E-state index in [0.717, 1.165) is 20.8 Å². The number of carbonyl (C=O) groups excluding carboxylic acids is 1. The van der Waals surface area contributed by atoms with Crippen LogP contribution in [0.5, 0.6) is 0 Å². The van der Waals surface area contributed by atoms with Gasteiger partial charge in [-0.2, -0.15) is 4.99 Å². The summed E-state index contributed by atoms with van der Waals surface area (Å²) in [6.45, 7) is 2.13. The van der Waals surface area contributed by atoms with Gasteiger partial charge in [0.1, 0.15) is 0 Å². The molecule has 0 unspecified atom stereocenters. The fraction of sp³-hybridized carbons (Fsp3) is 0.250. The van der Waals surface area contributed by atoms with E-state index in [2.05, 4.69) is 30.1 Å². The lowest BCUT2D eigenvalue weighted by Gasteiger charge is -2.01. The predicted octanol–water partition coefficient (Wildman–Crippen LogP) is 4.19. The van der Waals surface area contributed by atoms with E-state index in [-0.39, 0.29) is 5.91 Å². The van der Waals surface area contributed by atoms with Crippen molar-refractivity contribution in [2.45, 2.75) is 19.8 Å². The number of aryl methyl sites for hydroxylation is 2. The lowest BCUT2D eigenvalue weighted by atomic mass is 10.1. The van der Waals surface area contributed by atoms with Crippen molar-refractivity contribution in [3.8, 4) is 0 Å². The Labute approximate surface area is 141 Å². The summed E-state index contributed by atoms with van der Waals surface area (Å²) in [5.41, 5.74) is 2.44. The van der Waals surface area contributed by atoms with Gasteiger partial charge in [-0.3, -0.25) is 4.79 Å². The summed E-state index contributed by atoms with van der Waals surface area (Å²) in [7, 11) is 1.96. The normalized spacial score (nSPS) is 12.2. The molecule has 2 heterocycles. The van der Waals surface area contributed by atoms with Crippen LogP contribution in [-0.4, -0.2) is 10.5 Å². The number of rotatable bonds is 3. The number of aromatic nitrogens is 1. The van der Waals surface area contributed by atoms with Crippen LogP contribution in [0.25, 0.3) is 10.2 Å². The zero-order valence-electron chi connectivity index (χ0n) is 12.3. The van der Waals surface area contributed by atoms with E-state index in [1.807, 2.05) is 23.7 Å². The number of hydrogen-bond acceptors (Lipinski definition) is 3. The third-order valence-corrected chi connectivity index (χ3v) is 5.79. The molecule has 3 aromatic rings. The molecule has 22 heavy (non-hydrogen) atoms. The van der Waals surface area contributed by atoms with Crippen molar-refractivity contribution in [2.75, 3.05) is 0 Å². The van der Waals surface area contributed by atoms with Crippen molar-refractivity contribution in [1.29, 1.82) is 0 Å². The molecule has 1 aromatic carbocycles. The highest BCUT2D eigenvalue weighted by Gasteiger charge is 2.09. The second-order valence-electron chi connectivity index (χ2n) is 4.95. The first-order valence-corrected chi connectivity index (χ1v) is 8.98. The Kier molecular flexibility index (Phi) is 4.47. The molecule has 6 heteroatoms. The number of nitrogens with zero attached hydrogens (tertiary/aromatic N) is 2. The summed E-state index contributed by atoms with van der Waals surface area (Å²) in [6.07, 6.45) is 1.26. The van der Waals surface area contributed by atoms with Gasteiger partial charge in [0.25, 0.3) is 5.91 Å². The minimum absolute atomic E-state index is 0.140. The summed E-state index contributed by atoms with van der Waals surface area (Å²) in [6, 6.07) is 9.93. The number of benzene rings is 1. The smallest absolute Gasteiger partial charge is 0.253 e. The molecule has 2 aromatic heterocycles. The maximum absolute atomic E-state index is 12.2. The number of thiazole rings is 1. The molecular formula is C16H15ClN2OS2. The topological polar surface area (TPSA) is 34.4 Å². The number of para-hydroxylation sites is 1. The van der Waals surface area contributed by atoms with Crippen LogP contribution in [0.1, 0.15) is 17.4 Å². The van der Waals surface area contributed by atoms with Crippen LogP contribution in [0.15, 0.2) is 35.3 Å². The first-order chi connectivity index (χ1) is 10.6. The standard InChI is InChI=1S/C16H15ClN2OS2/c1-3-10-5-4-6-12-15(10)19(2)16(22-12)18-14(20)9-11-7-8-13(17)21-11/h4-8H,3,9H2,1-2H3. The number of amides is 1. The Balaban J connectivity index is 1.99. The lowest BCUT2D eigenvalue weighted by Crippen LogP contribution is -2.14. The van der Waals surface area contributed by atoms with E-state index in [0.29, 0.717) is 10.8 Å². The number of fused-ring (bicyclic) bond motifs is 1. The highest BCUT2D eigenvalue weighted by molar-refractivity contribution is 7.16. The van der Waals surface area contributed by atoms with Crippen LogP contribution in [0.3, 0.4) is 0 Å². The second kappa shape index (κ2) is 6.36. The van der Waals surface area contributed by atoms with E-state index in [1.165, 1.54) is 22.4 Å². The Morgan fingerprint density at radius 3 is 2.77 bits per heavy atom. The number of thiophene rings is 1. The molecule has 3 nitrogen and oxygen atoms in total. The summed E-state index contributed by atoms with van der Waals surface area (Å²) < 4.78 is 3.87. The fourth-order valence-electron chi connectivity index (χ4n) is 2.42. The second-order valence-corrected chi connectivity index (χ2v) is 7.76. The Morgan fingerprint density at radius 1 is 1.27 bits per heavy atom. The summed E-state index contributed by atoms with van der Waals surface area (Å²) in [5, 5.41) is 0. The first-order valence-electron chi connectivity index (χ1n) is 6.97. The number of halogens is 1. The summed E-state index contributed by atoms with van der Waals surface area (Å²) in [5.74, 6) is -0.140. The molecule has 0 fully saturated rings. The number of carbonyl (C=O) groups is 1. The van der Waals surface area contributed by atoms with Crippen LogP contribution in [-0.2, 0) is 24.7 Å². The molecule has 0 saturated heterocycles. The largest absolute Gasteiger partial charge is 0.319 e. The Morgan fingerprint density at radius 2 is 2.09 bits per heavy atom. The van der Waals surface area contributed by atoms with Gasteiger partial charge in [-0.05, 0) is 30.2 Å². The third-order valence-electron chi connectivity index (χ3n) is 3.46. The minimum Gasteiger partial charge on any atom is -0.319 e. The maximum Gasteiger partial charge on any atom is 0.253 e. The molecule has 0 saturated carbocycles. The van der Waals surface area contributed by atoms with E-state index in [4.69, 9.17) is 11.6 Å². The van der Waals surface area contributed by atoms with Gasteiger partial charge < -0.3 is 4.57 Å². The van der Waals surface area contributed by atoms with Crippen LogP contribution in [0, 0.1) is 0 Å². The molecule has 1 amide bonds. The Bertz CT molecular complexity index is 904. The van der Waals surface area contributed by atoms with Gasteiger partial charge in [-0.1, -0.05) is 42.0 Å². The quantitative estimate of drug-likeness (QED) is 0.697. The summed E-state index contributed by atoms with van der Waals surface area (Å²) in [4.78, 5) is 18.1. The van der Waals surface area contributed by atoms with Gasteiger partial charge in [0.05, 0.1) is 21.0 Å². The van der Waals surface area contributed by atoms with Crippen LogP contribution in [0.4, 0.5) is 0 Å². The lowest BCUT2D eigenvalue weighted by molar-refractivity contribution is -0.117. The van der Waals surface area contributed by atoms with Crippen molar-refractivity contribution >= 4 is 50.4 Å². The van der Waals surface area contributed by atoms with Gasteiger partial charge in [0.2, 0.25) is 0 Å². The monoisotopic (exact) mass is 350 g/mol. The SMILES string of the molecule is CCc1cccc2sc(=NC(=O)Cc3ccc(Cl)s3)n(C)c12. The van der Waals surface area contributed by atoms with Crippen LogP contribution in [0.2, 0.25) is 4.34 Å². The van der Waals surface area contributed by atoms with E-state index in [1.54, 1.807) is 11.3 Å². The van der Waals surface area contributed by atoms with Crippen molar-refractivity contribution in [1.82, 2.24) is 4.57 Å². The van der Waals surface area contributed by atoms with Crippen molar-refractivity contribution in [2.24, 2.45) is 12.0 Å². The van der Waals surface area contributed by atoms with Crippen LogP contribution >= 0.6 is 34.3 Å². The van der Waals surface area contributed by atoms with Gasteiger partial charge in [-0.25, -0.2) is 0 Å². The third kappa shape index (κ3) is 3.02. The molecule has 0 aliphatic carbocycles. The highest BCUT2D eigenvalue weighted by Crippen LogP contribution is 2.23. The molecule has 0 aliphatic rings. The van der Waals surface area contributed by atoms with E-state index >= 15 is 0 Å². The minimum atomic E-state index is -0.140. The fourth-order valence-corrected chi connectivity index (χ4v) is 4.58. The highest BCUT2D eigenvalue weighted by atomic mass is 35.5. The van der Waals surface area contributed by atoms with E-state index < -0.39 is 0 Å². The average molecular weight is 351 g/mol. The van der Waals surface area contributed by atoms with Crippen molar-refractivity contribution in [3.63, 3.8) is 0 Å². The Hall–Kier alpha value is -1.43. The molecule has 0 radical (unpaired) electrons. The molecule has 114 valence electrons. The zero-order valence-corrected chi connectivity index (χ0v) is 14.7. The molecule has 0 aliphatic heterocycles. The van der Waals surface area contributed by atoms with Gasteiger partial charge in [-0.15, -0.1) is 11.3 Å². The zero-order chi connectivity index (χ0) is 15.7. The molecule has 0 bridgehead atoms.